The lowest BCUT2D eigenvalue weighted by atomic mass is 10.0. The van der Waals surface area contributed by atoms with Crippen molar-refractivity contribution in [3.05, 3.63) is 46.0 Å². The molecule has 2 aromatic heterocycles. The number of aromatic nitrogens is 3. The van der Waals surface area contributed by atoms with Crippen LogP contribution in [0.2, 0.25) is 5.02 Å². The van der Waals surface area contributed by atoms with Crippen LogP contribution in [-0.4, -0.2) is 14.8 Å². The van der Waals surface area contributed by atoms with Crippen LogP contribution in [0.15, 0.2) is 18.3 Å². The van der Waals surface area contributed by atoms with Crippen LogP contribution >= 0.6 is 11.6 Å². The Hall–Kier alpha value is -1.43. The van der Waals surface area contributed by atoms with Crippen molar-refractivity contribution in [2.75, 3.05) is 0 Å². The van der Waals surface area contributed by atoms with Gasteiger partial charge in [0.15, 0.2) is 0 Å². The van der Waals surface area contributed by atoms with Gasteiger partial charge in [-0.3, -0.25) is 20.9 Å². The molecule has 2 rings (SSSR count). The summed E-state index contributed by atoms with van der Waals surface area (Å²) in [7, 11) is 0. The van der Waals surface area contributed by atoms with Gasteiger partial charge in [-0.15, -0.1) is 0 Å². The maximum Gasteiger partial charge on any atom is 0.0850 e. The SMILES string of the molecule is CCc1nn(CC)c(CC(NN)c2ncccc2C)c1Cl. The Morgan fingerprint density at radius 2 is 2.19 bits per heavy atom. The highest BCUT2D eigenvalue weighted by Crippen LogP contribution is 2.27. The molecule has 0 radical (unpaired) electrons. The fourth-order valence-corrected chi connectivity index (χ4v) is 2.85. The van der Waals surface area contributed by atoms with Crippen molar-refractivity contribution in [1.82, 2.24) is 20.2 Å². The molecular formula is C15H22ClN5. The predicted octanol–water partition coefficient (Wildman–Crippen LogP) is 2.57. The first-order valence-corrected chi connectivity index (χ1v) is 7.61. The Morgan fingerprint density at radius 3 is 2.76 bits per heavy atom. The first kappa shape index (κ1) is 15.9. The highest BCUT2D eigenvalue weighted by Gasteiger charge is 2.21. The van der Waals surface area contributed by atoms with Crippen LogP contribution < -0.4 is 11.3 Å². The van der Waals surface area contributed by atoms with Gasteiger partial charge >= 0.3 is 0 Å². The highest BCUT2D eigenvalue weighted by atomic mass is 35.5. The molecule has 6 heteroatoms. The van der Waals surface area contributed by atoms with Crippen molar-refractivity contribution in [2.24, 2.45) is 5.84 Å². The third-order valence-electron chi connectivity index (χ3n) is 3.67. The largest absolute Gasteiger partial charge is 0.271 e. The van der Waals surface area contributed by atoms with Crippen molar-refractivity contribution in [1.29, 1.82) is 0 Å². The summed E-state index contributed by atoms with van der Waals surface area (Å²) in [5.41, 5.74) is 6.84. The van der Waals surface area contributed by atoms with Gasteiger partial charge in [0.25, 0.3) is 0 Å². The van der Waals surface area contributed by atoms with E-state index in [0.717, 1.165) is 40.6 Å². The molecule has 0 saturated heterocycles. The maximum atomic E-state index is 6.46. The second-order valence-corrected chi connectivity index (χ2v) is 5.38. The number of nitrogens with one attached hydrogen (secondary N) is 1. The standard InChI is InChI=1S/C15H22ClN5/c1-4-11-14(16)13(21(5-2)20-11)9-12(19-17)15-10(3)7-6-8-18-15/h6-8,12,19H,4-5,9,17H2,1-3H3. The zero-order chi connectivity index (χ0) is 15.4. The number of hydrogen-bond acceptors (Lipinski definition) is 4. The summed E-state index contributed by atoms with van der Waals surface area (Å²) >= 11 is 6.46. The minimum absolute atomic E-state index is 0.0876. The van der Waals surface area contributed by atoms with E-state index >= 15 is 0 Å². The van der Waals surface area contributed by atoms with Crippen molar-refractivity contribution in [3.8, 4) is 0 Å². The molecule has 0 fully saturated rings. The van der Waals surface area contributed by atoms with Gasteiger partial charge in [-0.05, 0) is 31.9 Å². The molecule has 0 spiro atoms. The van der Waals surface area contributed by atoms with Gasteiger partial charge in [-0.2, -0.15) is 5.10 Å². The second kappa shape index (κ2) is 7.02. The topological polar surface area (TPSA) is 68.8 Å². The lowest BCUT2D eigenvalue weighted by molar-refractivity contribution is 0.505. The van der Waals surface area contributed by atoms with Gasteiger partial charge in [0.1, 0.15) is 0 Å². The Kier molecular flexibility index (Phi) is 5.33. The number of hydrazine groups is 1. The van der Waals surface area contributed by atoms with Crippen LogP contribution in [-0.2, 0) is 19.4 Å². The zero-order valence-corrected chi connectivity index (χ0v) is 13.5. The molecule has 0 aromatic carbocycles. The summed E-state index contributed by atoms with van der Waals surface area (Å²) in [6, 6.07) is 3.86. The molecule has 0 saturated carbocycles. The molecule has 5 nitrogen and oxygen atoms in total. The third-order valence-corrected chi connectivity index (χ3v) is 4.11. The number of nitrogens with two attached hydrogens (primary N) is 1. The van der Waals surface area contributed by atoms with Crippen molar-refractivity contribution < 1.29 is 0 Å². The van der Waals surface area contributed by atoms with Gasteiger partial charge in [0.05, 0.1) is 28.1 Å². The maximum absolute atomic E-state index is 6.46. The fourth-order valence-electron chi connectivity index (χ4n) is 2.50. The summed E-state index contributed by atoms with van der Waals surface area (Å²) in [6.45, 7) is 6.93. The zero-order valence-electron chi connectivity index (χ0n) is 12.7. The Bertz CT molecular complexity index is 608. The van der Waals surface area contributed by atoms with E-state index in [2.05, 4.69) is 29.4 Å². The predicted molar refractivity (Wildman–Crippen MR) is 85.0 cm³/mol. The number of hydrogen-bond donors (Lipinski definition) is 2. The Morgan fingerprint density at radius 1 is 1.43 bits per heavy atom. The third kappa shape index (κ3) is 3.26. The van der Waals surface area contributed by atoms with Crippen LogP contribution in [0.4, 0.5) is 0 Å². The minimum atomic E-state index is -0.0876. The molecule has 2 heterocycles. The molecule has 1 unspecified atom stereocenters. The Labute approximate surface area is 130 Å². The van der Waals surface area contributed by atoms with E-state index in [1.54, 1.807) is 6.20 Å². The van der Waals surface area contributed by atoms with Crippen LogP contribution in [0, 0.1) is 6.92 Å². The monoisotopic (exact) mass is 307 g/mol. The number of rotatable bonds is 6. The van der Waals surface area contributed by atoms with Gasteiger partial charge in [-0.1, -0.05) is 24.6 Å². The van der Waals surface area contributed by atoms with Crippen LogP contribution in [0.3, 0.4) is 0 Å². The van der Waals surface area contributed by atoms with Gasteiger partial charge in [0.2, 0.25) is 0 Å². The summed E-state index contributed by atoms with van der Waals surface area (Å²) < 4.78 is 1.95. The van der Waals surface area contributed by atoms with E-state index in [1.807, 2.05) is 23.7 Å². The molecule has 1 atom stereocenters. The fraction of sp³-hybridized carbons (Fsp3) is 0.467. The molecule has 0 bridgehead atoms. The number of halogens is 1. The second-order valence-electron chi connectivity index (χ2n) is 5.01. The van der Waals surface area contributed by atoms with Crippen LogP contribution in [0.1, 0.15) is 42.5 Å². The van der Waals surface area contributed by atoms with Gasteiger partial charge < -0.3 is 0 Å². The molecule has 0 amide bonds. The van der Waals surface area contributed by atoms with E-state index in [0.29, 0.717) is 6.42 Å². The van der Waals surface area contributed by atoms with E-state index in [-0.39, 0.29) is 6.04 Å². The minimum Gasteiger partial charge on any atom is -0.271 e. The quantitative estimate of drug-likeness (QED) is 0.636. The van der Waals surface area contributed by atoms with E-state index in [9.17, 15) is 0 Å². The average molecular weight is 308 g/mol. The Balaban J connectivity index is 2.35. The summed E-state index contributed by atoms with van der Waals surface area (Å²) in [5, 5.41) is 5.29. The molecule has 3 N–H and O–H groups in total. The number of aryl methyl sites for hydroxylation is 3. The van der Waals surface area contributed by atoms with Crippen molar-refractivity contribution in [2.45, 2.75) is 46.2 Å². The van der Waals surface area contributed by atoms with Gasteiger partial charge in [0, 0.05) is 19.2 Å². The average Bonchev–Trinajstić information content (AvgIpc) is 2.81. The molecule has 21 heavy (non-hydrogen) atoms. The lowest BCUT2D eigenvalue weighted by Gasteiger charge is -2.18. The lowest BCUT2D eigenvalue weighted by Crippen LogP contribution is -2.31. The van der Waals surface area contributed by atoms with E-state index < -0.39 is 0 Å². The normalized spacial score (nSPS) is 12.6. The molecule has 0 aliphatic rings. The highest BCUT2D eigenvalue weighted by molar-refractivity contribution is 6.31. The molecule has 0 aliphatic heterocycles. The first-order chi connectivity index (χ1) is 10.1. The van der Waals surface area contributed by atoms with E-state index in [1.165, 1.54) is 0 Å². The number of pyridine rings is 1. The molecule has 2 aromatic rings. The van der Waals surface area contributed by atoms with Crippen molar-refractivity contribution >= 4 is 11.6 Å². The summed E-state index contributed by atoms with van der Waals surface area (Å²) in [6.07, 6.45) is 3.26. The number of nitrogens with zero attached hydrogens (tertiary/aromatic N) is 3. The molecule has 0 aliphatic carbocycles. The van der Waals surface area contributed by atoms with Crippen LogP contribution in [0.25, 0.3) is 0 Å². The van der Waals surface area contributed by atoms with Gasteiger partial charge in [-0.25, -0.2) is 0 Å². The van der Waals surface area contributed by atoms with E-state index in [4.69, 9.17) is 17.4 Å². The molecular weight excluding hydrogens is 286 g/mol. The van der Waals surface area contributed by atoms with Crippen LogP contribution in [0.5, 0.6) is 0 Å². The smallest absolute Gasteiger partial charge is 0.0850 e. The summed E-state index contributed by atoms with van der Waals surface area (Å²) in [4.78, 5) is 4.44. The van der Waals surface area contributed by atoms with Crippen molar-refractivity contribution in [3.63, 3.8) is 0 Å². The molecule has 114 valence electrons. The first-order valence-electron chi connectivity index (χ1n) is 7.24. The summed E-state index contributed by atoms with van der Waals surface area (Å²) in [5.74, 6) is 5.74.